The first-order chi connectivity index (χ1) is 9.99. The Labute approximate surface area is 127 Å². The zero-order valence-electron chi connectivity index (χ0n) is 10.6. The third kappa shape index (κ3) is 3.57. The van der Waals surface area contributed by atoms with Gasteiger partial charge in [-0.05, 0) is 40.2 Å². The van der Waals surface area contributed by atoms with Crippen molar-refractivity contribution in [3.63, 3.8) is 0 Å². The van der Waals surface area contributed by atoms with Gasteiger partial charge in [0, 0.05) is 4.47 Å². The molecule has 0 aliphatic heterocycles. The summed E-state index contributed by atoms with van der Waals surface area (Å²) in [5.74, 6) is -2.15. The minimum Gasteiger partial charge on any atom is -0.478 e. The number of benzene rings is 2. The Balaban J connectivity index is 2.21. The molecule has 21 heavy (non-hydrogen) atoms. The lowest BCUT2D eigenvalue weighted by Gasteiger charge is -2.11. The Bertz CT molecular complexity index is 706. The number of anilines is 2. The highest BCUT2D eigenvalue weighted by Crippen LogP contribution is 2.23. The number of hydrogen-bond acceptors (Lipinski definition) is 2. The second-order valence-electron chi connectivity index (χ2n) is 4.03. The van der Waals surface area contributed by atoms with Crippen LogP contribution in [0.1, 0.15) is 10.4 Å². The second kappa shape index (κ2) is 6.36. The maximum Gasteiger partial charge on any atom is 0.337 e. The zero-order valence-corrected chi connectivity index (χ0v) is 12.1. The van der Waals surface area contributed by atoms with Crippen LogP contribution in [-0.4, -0.2) is 17.1 Å². The average molecular weight is 353 g/mol. The lowest BCUT2D eigenvalue weighted by molar-refractivity contribution is 0.0697. The molecule has 2 rings (SSSR count). The molecule has 0 fully saturated rings. The van der Waals surface area contributed by atoms with Crippen LogP contribution in [0, 0.1) is 5.82 Å². The maximum absolute atomic E-state index is 13.7. The number of urea groups is 1. The van der Waals surface area contributed by atoms with Crippen LogP contribution in [0.2, 0.25) is 0 Å². The van der Waals surface area contributed by atoms with Gasteiger partial charge in [-0.3, -0.25) is 0 Å². The van der Waals surface area contributed by atoms with E-state index in [4.69, 9.17) is 5.11 Å². The molecule has 0 bridgehead atoms. The third-order valence-corrected chi connectivity index (χ3v) is 3.30. The highest BCUT2D eigenvalue weighted by Gasteiger charge is 2.16. The molecule has 2 amide bonds. The van der Waals surface area contributed by atoms with Gasteiger partial charge in [0.1, 0.15) is 5.82 Å². The molecule has 0 saturated carbocycles. The quantitative estimate of drug-likeness (QED) is 0.782. The van der Waals surface area contributed by atoms with Gasteiger partial charge in [-0.2, -0.15) is 0 Å². The van der Waals surface area contributed by atoms with Crippen LogP contribution < -0.4 is 10.6 Å². The molecule has 0 aromatic heterocycles. The molecule has 0 heterocycles. The van der Waals surface area contributed by atoms with Gasteiger partial charge in [-0.15, -0.1) is 0 Å². The molecule has 5 nitrogen and oxygen atoms in total. The summed E-state index contributed by atoms with van der Waals surface area (Å²) in [5, 5.41) is 13.7. The van der Waals surface area contributed by atoms with Crippen molar-refractivity contribution in [3.05, 3.63) is 58.3 Å². The topological polar surface area (TPSA) is 78.4 Å². The van der Waals surface area contributed by atoms with Crippen LogP contribution in [0.5, 0.6) is 0 Å². The molecule has 0 aliphatic carbocycles. The van der Waals surface area contributed by atoms with E-state index in [-0.39, 0.29) is 11.3 Å². The molecule has 108 valence electrons. The number of amides is 2. The van der Waals surface area contributed by atoms with Crippen molar-refractivity contribution in [1.82, 2.24) is 0 Å². The van der Waals surface area contributed by atoms with Gasteiger partial charge in [0.15, 0.2) is 0 Å². The molecule has 0 unspecified atom stereocenters. The van der Waals surface area contributed by atoms with Crippen molar-refractivity contribution in [3.8, 4) is 0 Å². The van der Waals surface area contributed by atoms with Gasteiger partial charge in [-0.1, -0.05) is 18.2 Å². The van der Waals surface area contributed by atoms with E-state index in [9.17, 15) is 14.0 Å². The molecule has 2 aromatic carbocycles. The number of para-hydroxylation sites is 2. The van der Waals surface area contributed by atoms with E-state index in [1.54, 1.807) is 24.3 Å². The van der Waals surface area contributed by atoms with Gasteiger partial charge in [0.25, 0.3) is 0 Å². The van der Waals surface area contributed by atoms with Crippen LogP contribution in [0.4, 0.5) is 20.6 Å². The van der Waals surface area contributed by atoms with Crippen molar-refractivity contribution >= 4 is 39.3 Å². The van der Waals surface area contributed by atoms with E-state index in [1.165, 1.54) is 12.1 Å². The number of carbonyl (C=O) groups is 2. The van der Waals surface area contributed by atoms with Crippen LogP contribution in [0.25, 0.3) is 0 Å². The lowest BCUT2D eigenvalue weighted by Crippen LogP contribution is -2.22. The minimum absolute atomic E-state index is 0.322. The molecular formula is C14H10BrFN2O3. The summed E-state index contributed by atoms with van der Waals surface area (Å²) in [6, 6.07) is 9.65. The number of hydrogen-bond donors (Lipinski definition) is 3. The van der Waals surface area contributed by atoms with E-state index in [0.29, 0.717) is 10.2 Å². The summed E-state index contributed by atoms with van der Waals surface area (Å²) in [4.78, 5) is 22.9. The van der Waals surface area contributed by atoms with E-state index >= 15 is 0 Å². The first-order valence-electron chi connectivity index (χ1n) is 5.83. The number of carboxylic acid groups (broad SMARTS) is 1. The number of aromatic carboxylic acids is 1. The first-order valence-corrected chi connectivity index (χ1v) is 6.62. The van der Waals surface area contributed by atoms with Crippen molar-refractivity contribution in [2.24, 2.45) is 0 Å². The minimum atomic E-state index is -1.33. The number of carbonyl (C=O) groups excluding carboxylic acids is 1. The summed E-state index contributed by atoms with van der Waals surface area (Å²) < 4.78 is 14.3. The average Bonchev–Trinajstić information content (AvgIpc) is 2.43. The molecule has 2 aromatic rings. The predicted molar refractivity (Wildman–Crippen MR) is 80.1 cm³/mol. The molecule has 0 spiro atoms. The number of rotatable bonds is 3. The fourth-order valence-corrected chi connectivity index (χ4v) is 2.04. The van der Waals surface area contributed by atoms with Crippen molar-refractivity contribution in [2.45, 2.75) is 0 Å². The molecule has 7 heteroatoms. The van der Waals surface area contributed by atoms with Crippen LogP contribution >= 0.6 is 15.9 Å². The van der Waals surface area contributed by atoms with Gasteiger partial charge in [0.05, 0.1) is 16.9 Å². The smallest absolute Gasteiger partial charge is 0.337 e. The molecule has 0 saturated heterocycles. The normalized spacial score (nSPS) is 10.0. The van der Waals surface area contributed by atoms with E-state index in [0.717, 1.165) is 6.07 Å². The van der Waals surface area contributed by atoms with Crippen molar-refractivity contribution in [2.75, 3.05) is 10.6 Å². The molecule has 0 radical (unpaired) electrons. The maximum atomic E-state index is 13.7. The van der Waals surface area contributed by atoms with Gasteiger partial charge >= 0.3 is 12.0 Å². The van der Waals surface area contributed by atoms with E-state index < -0.39 is 17.8 Å². The van der Waals surface area contributed by atoms with E-state index in [2.05, 4.69) is 26.6 Å². The Morgan fingerprint density at radius 3 is 2.43 bits per heavy atom. The van der Waals surface area contributed by atoms with Gasteiger partial charge in [-0.25, -0.2) is 14.0 Å². The summed E-state index contributed by atoms with van der Waals surface area (Å²) in [7, 11) is 0. The fraction of sp³-hybridized carbons (Fsp3) is 0. The molecule has 3 N–H and O–H groups in total. The second-order valence-corrected chi connectivity index (χ2v) is 4.88. The summed E-state index contributed by atoms with van der Waals surface area (Å²) in [6.07, 6.45) is 0. The number of halogens is 2. The largest absolute Gasteiger partial charge is 0.478 e. The van der Waals surface area contributed by atoms with Gasteiger partial charge < -0.3 is 15.7 Å². The van der Waals surface area contributed by atoms with Crippen LogP contribution in [0.3, 0.4) is 0 Å². The lowest BCUT2D eigenvalue weighted by atomic mass is 10.1. The Morgan fingerprint density at radius 2 is 1.76 bits per heavy atom. The first kappa shape index (κ1) is 15.0. The third-order valence-electron chi connectivity index (χ3n) is 2.60. The number of nitrogens with one attached hydrogen (secondary N) is 2. The monoisotopic (exact) mass is 352 g/mol. The predicted octanol–water partition coefficient (Wildman–Crippen LogP) is 3.93. The Kier molecular flexibility index (Phi) is 4.54. The highest BCUT2D eigenvalue weighted by molar-refractivity contribution is 9.10. The zero-order chi connectivity index (χ0) is 15.4. The fourth-order valence-electron chi connectivity index (χ4n) is 1.66. The van der Waals surface area contributed by atoms with Crippen molar-refractivity contribution < 1.29 is 19.1 Å². The Morgan fingerprint density at radius 1 is 1.05 bits per heavy atom. The van der Waals surface area contributed by atoms with Crippen LogP contribution in [-0.2, 0) is 0 Å². The SMILES string of the molecule is O=C(Nc1ccccc1Br)Nc1c(F)cccc1C(=O)O. The van der Waals surface area contributed by atoms with E-state index in [1.807, 2.05) is 0 Å². The summed E-state index contributed by atoms with van der Waals surface area (Å²) >= 11 is 3.25. The molecule has 0 aliphatic rings. The Hall–Kier alpha value is -2.41. The van der Waals surface area contributed by atoms with Crippen LogP contribution in [0.15, 0.2) is 46.9 Å². The number of carboxylic acids is 1. The summed E-state index contributed by atoms with van der Waals surface area (Å²) in [5.41, 5.74) is -0.227. The van der Waals surface area contributed by atoms with Crippen molar-refractivity contribution in [1.29, 1.82) is 0 Å². The molecular weight excluding hydrogens is 343 g/mol. The summed E-state index contributed by atoms with van der Waals surface area (Å²) in [6.45, 7) is 0. The van der Waals surface area contributed by atoms with Gasteiger partial charge in [0.2, 0.25) is 0 Å². The highest BCUT2D eigenvalue weighted by atomic mass is 79.9. The molecule has 0 atom stereocenters. The standard InChI is InChI=1S/C14H10BrFN2O3/c15-9-5-1-2-7-11(9)17-14(21)18-12-8(13(19)20)4-3-6-10(12)16/h1-7H,(H,19,20)(H2,17,18,21).